The highest BCUT2D eigenvalue weighted by molar-refractivity contribution is 6.00. The Labute approximate surface area is 182 Å². The standard InChI is InChI=1S/C25H29FN4O/c1-3-14-29-15-12-21(13-16-29)27-25(31)23-17-30(22-10-8-20(26)9-11-22)28-24(23)19-6-4-18(2)5-7-19/h4-11,17,21H,3,12-16H2,1-2H3,(H,27,31). The number of benzene rings is 2. The van der Waals surface area contributed by atoms with Crippen LogP contribution in [0, 0.1) is 12.7 Å². The van der Waals surface area contributed by atoms with E-state index in [2.05, 4.69) is 22.2 Å². The molecule has 2 aromatic carbocycles. The number of halogens is 1. The number of aryl methyl sites for hydroxylation is 1. The molecule has 1 N–H and O–H groups in total. The van der Waals surface area contributed by atoms with E-state index >= 15 is 0 Å². The van der Waals surface area contributed by atoms with Crippen LogP contribution < -0.4 is 5.32 Å². The molecule has 1 aliphatic heterocycles. The van der Waals surface area contributed by atoms with Crippen LogP contribution in [0.2, 0.25) is 0 Å². The van der Waals surface area contributed by atoms with E-state index in [0.717, 1.165) is 50.0 Å². The zero-order valence-electron chi connectivity index (χ0n) is 18.1. The summed E-state index contributed by atoms with van der Waals surface area (Å²) in [6.45, 7) is 7.36. The third-order valence-electron chi connectivity index (χ3n) is 5.84. The van der Waals surface area contributed by atoms with Crippen molar-refractivity contribution in [3.63, 3.8) is 0 Å². The van der Waals surface area contributed by atoms with E-state index in [1.165, 1.54) is 12.1 Å². The van der Waals surface area contributed by atoms with Gasteiger partial charge in [-0.1, -0.05) is 36.8 Å². The van der Waals surface area contributed by atoms with Gasteiger partial charge in [0, 0.05) is 30.9 Å². The molecule has 162 valence electrons. The number of nitrogens with one attached hydrogen (secondary N) is 1. The normalized spacial score (nSPS) is 15.2. The average Bonchev–Trinajstić information content (AvgIpc) is 3.22. The lowest BCUT2D eigenvalue weighted by Crippen LogP contribution is -2.44. The van der Waals surface area contributed by atoms with Gasteiger partial charge in [-0.3, -0.25) is 4.79 Å². The molecular weight excluding hydrogens is 391 g/mol. The van der Waals surface area contributed by atoms with Crippen LogP contribution >= 0.6 is 0 Å². The van der Waals surface area contributed by atoms with Gasteiger partial charge in [-0.05, 0) is 57.0 Å². The van der Waals surface area contributed by atoms with E-state index in [4.69, 9.17) is 0 Å². The van der Waals surface area contributed by atoms with Crippen molar-refractivity contribution in [3.8, 4) is 16.9 Å². The minimum Gasteiger partial charge on any atom is -0.349 e. The fourth-order valence-corrected chi connectivity index (χ4v) is 4.07. The smallest absolute Gasteiger partial charge is 0.255 e. The van der Waals surface area contributed by atoms with Crippen molar-refractivity contribution in [1.29, 1.82) is 0 Å². The Morgan fingerprint density at radius 2 is 1.77 bits per heavy atom. The predicted octanol–water partition coefficient (Wildman–Crippen LogP) is 4.59. The first-order chi connectivity index (χ1) is 15.0. The van der Waals surface area contributed by atoms with E-state index in [-0.39, 0.29) is 17.8 Å². The fraction of sp³-hybridized carbons (Fsp3) is 0.360. The molecule has 1 aliphatic rings. The van der Waals surface area contributed by atoms with Crippen molar-refractivity contribution in [2.45, 2.75) is 39.2 Å². The van der Waals surface area contributed by atoms with Gasteiger partial charge >= 0.3 is 0 Å². The van der Waals surface area contributed by atoms with E-state index in [1.54, 1.807) is 23.0 Å². The third-order valence-corrected chi connectivity index (χ3v) is 5.84. The summed E-state index contributed by atoms with van der Waals surface area (Å²) >= 11 is 0. The second-order valence-corrected chi connectivity index (χ2v) is 8.27. The lowest BCUT2D eigenvalue weighted by Gasteiger charge is -2.32. The highest BCUT2D eigenvalue weighted by Gasteiger charge is 2.24. The molecule has 1 amide bonds. The molecule has 0 aliphatic carbocycles. The molecule has 0 unspecified atom stereocenters. The first kappa shape index (κ1) is 21.2. The first-order valence-electron chi connectivity index (χ1n) is 11.0. The molecular formula is C25H29FN4O. The number of rotatable bonds is 6. The molecule has 4 rings (SSSR count). The van der Waals surface area contributed by atoms with Crippen LogP contribution in [-0.4, -0.2) is 46.3 Å². The van der Waals surface area contributed by atoms with Crippen molar-refractivity contribution in [1.82, 2.24) is 20.0 Å². The van der Waals surface area contributed by atoms with Gasteiger partial charge in [-0.15, -0.1) is 0 Å². The molecule has 0 radical (unpaired) electrons. The monoisotopic (exact) mass is 420 g/mol. The van der Waals surface area contributed by atoms with Crippen molar-refractivity contribution in [2.75, 3.05) is 19.6 Å². The summed E-state index contributed by atoms with van der Waals surface area (Å²) in [5.41, 5.74) is 3.90. The number of hydrogen-bond acceptors (Lipinski definition) is 3. The van der Waals surface area contributed by atoms with Crippen molar-refractivity contribution < 1.29 is 9.18 Å². The van der Waals surface area contributed by atoms with Crippen LogP contribution in [0.4, 0.5) is 4.39 Å². The average molecular weight is 421 g/mol. The van der Waals surface area contributed by atoms with Gasteiger partial charge in [0.25, 0.3) is 5.91 Å². The van der Waals surface area contributed by atoms with Gasteiger partial charge < -0.3 is 10.2 Å². The molecule has 0 saturated carbocycles. The topological polar surface area (TPSA) is 50.2 Å². The summed E-state index contributed by atoms with van der Waals surface area (Å²) in [4.78, 5) is 15.7. The van der Waals surface area contributed by atoms with Crippen LogP contribution in [0.1, 0.15) is 42.1 Å². The molecule has 1 fully saturated rings. The summed E-state index contributed by atoms with van der Waals surface area (Å²) < 4.78 is 15.0. The van der Waals surface area contributed by atoms with Crippen LogP contribution in [0.25, 0.3) is 16.9 Å². The lowest BCUT2D eigenvalue weighted by molar-refractivity contribution is 0.0912. The number of carbonyl (C=O) groups is 1. The Bertz CT molecular complexity index is 1020. The number of amides is 1. The van der Waals surface area contributed by atoms with E-state index in [0.29, 0.717) is 16.9 Å². The molecule has 0 atom stereocenters. The third kappa shape index (κ3) is 5.02. The Morgan fingerprint density at radius 1 is 1.10 bits per heavy atom. The molecule has 1 aromatic heterocycles. The van der Waals surface area contributed by atoms with Crippen LogP contribution in [0.5, 0.6) is 0 Å². The maximum atomic E-state index is 13.4. The molecule has 3 aromatic rings. The van der Waals surface area contributed by atoms with Gasteiger partial charge in [0.2, 0.25) is 0 Å². The Morgan fingerprint density at radius 3 is 2.42 bits per heavy atom. The summed E-state index contributed by atoms with van der Waals surface area (Å²) in [5, 5.41) is 7.90. The molecule has 6 heteroatoms. The van der Waals surface area contributed by atoms with Gasteiger partial charge in [-0.25, -0.2) is 9.07 Å². The number of aromatic nitrogens is 2. The van der Waals surface area contributed by atoms with Crippen molar-refractivity contribution in [3.05, 3.63) is 71.7 Å². The summed E-state index contributed by atoms with van der Waals surface area (Å²) in [6.07, 6.45) is 4.80. The minimum atomic E-state index is -0.304. The first-order valence-corrected chi connectivity index (χ1v) is 11.0. The number of hydrogen-bond donors (Lipinski definition) is 1. The lowest BCUT2D eigenvalue weighted by atomic mass is 10.0. The number of likely N-dealkylation sites (tertiary alicyclic amines) is 1. The molecule has 2 heterocycles. The zero-order chi connectivity index (χ0) is 21.8. The maximum Gasteiger partial charge on any atom is 0.255 e. The quantitative estimate of drug-likeness (QED) is 0.635. The van der Waals surface area contributed by atoms with Gasteiger partial charge in [0.15, 0.2) is 0 Å². The highest BCUT2D eigenvalue weighted by atomic mass is 19.1. The molecule has 5 nitrogen and oxygen atoms in total. The van der Waals surface area contributed by atoms with Crippen LogP contribution in [-0.2, 0) is 0 Å². The molecule has 0 spiro atoms. The predicted molar refractivity (Wildman–Crippen MR) is 121 cm³/mol. The van der Waals surface area contributed by atoms with E-state index in [9.17, 15) is 9.18 Å². The van der Waals surface area contributed by atoms with E-state index in [1.807, 2.05) is 31.2 Å². The summed E-state index contributed by atoms with van der Waals surface area (Å²) in [7, 11) is 0. The number of nitrogens with zero attached hydrogens (tertiary/aromatic N) is 3. The van der Waals surface area contributed by atoms with Crippen molar-refractivity contribution >= 4 is 5.91 Å². The highest BCUT2D eigenvalue weighted by Crippen LogP contribution is 2.25. The van der Waals surface area contributed by atoms with Gasteiger partial charge in [0.1, 0.15) is 11.5 Å². The fourth-order valence-electron chi connectivity index (χ4n) is 4.07. The summed E-state index contributed by atoms with van der Waals surface area (Å²) in [6, 6.07) is 14.3. The second-order valence-electron chi connectivity index (χ2n) is 8.27. The van der Waals surface area contributed by atoms with Gasteiger partial charge in [-0.2, -0.15) is 5.10 Å². The second kappa shape index (κ2) is 9.43. The van der Waals surface area contributed by atoms with E-state index < -0.39 is 0 Å². The Hall–Kier alpha value is -2.99. The van der Waals surface area contributed by atoms with Crippen LogP contribution in [0.3, 0.4) is 0 Å². The van der Waals surface area contributed by atoms with Crippen molar-refractivity contribution in [2.24, 2.45) is 0 Å². The Balaban J connectivity index is 1.59. The molecule has 1 saturated heterocycles. The minimum absolute atomic E-state index is 0.113. The number of carbonyl (C=O) groups excluding carboxylic acids is 1. The number of piperidine rings is 1. The van der Waals surface area contributed by atoms with Gasteiger partial charge in [0.05, 0.1) is 11.3 Å². The zero-order valence-corrected chi connectivity index (χ0v) is 18.1. The largest absolute Gasteiger partial charge is 0.349 e. The molecule has 0 bridgehead atoms. The van der Waals surface area contributed by atoms with Crippen LogP contribution in [0.15, 0.2) is 54.7 Å². The summed E-state index contributed by atoms with van der Waals surface area (Å²) in [5.74, 6) is -0.417. The SMILES string of the molecule is CCCN1CCC(NC(=O)c2cn(-c3ccc(F)cc3)nc2-c2ccc(C)cc2)CC1. The molecule has 31 heavy (non-hydrogen) atoms. The Kier molecular flexibility index (Phi) is 6.47. The maximum absolute atomic E-state index is 13.4.